The number of carbonyl (C=O) groups is 1. The van der Waals surface area contributed by atoms with Crippen LogP contribution in [0.4, 0.5) is 29.6 Å². The van der Waals surface area contributed by atoms with E-state index in [9.17, 15) is 22.4 Å². The van der Waals surface area contributed by atoms with E-state index in [-0.39, 0.29) is 46.4 Å². The number of fused-ring (bicyclic) bond motifs is 2. The molecule has 0 radical (unpaired) electrons. The van der Waals surface area contributed by atoms with Crippen LogP contribution in [0.2, 0.25) is 0 Å². The fraction of sp³-hybridized carbons (Fsp3) is 0.261. The van der Waals surface area contributed by atoms with E-state index in [2.05, 4.69) is 21.8 Å². The first-order valence-corrected chi connectivity index (χ1v) is 10.5. The van der Waals surface area contributed by atoms with Crippen LogP contribution in [0.3, 0.4) is 0 Å². The maximum atomic E-state index is 14.9. The van der Waals surface area contributed by atoms with Crippen LogP contribution in [0.25, 0.3) is 22.2 Å². The molecule has 7 nitrogen and oxygen atoms in total. The number of anilines is 2. The highest BCUT2D eigenvalue weighted by molar-refractivity contribution is 5.86. The Hall–Kier alpha value is -4.07. The second kappa shape index (κ2) is 7.48. The third-order valence-corrected chi connectivity index (χ3v) is 5.97. The molecule has 0 amide bonds. The largest absolute Gasteiger partial charge is 0.423 e. The quantitative estimate of drug-likeness (QED) is 0.254. The van der Waals surface area contributed by atoms with E-state index < -0.39 is 34.4 Å². The maximum absolute atomic E-state index is 14.9. The van der Waals surface area contributed by atoms with Crippen molar-refractivity contribution in [2.45, 2.75) is 6.42 Å². The smallest absolute Gasteiger partial charge is 0.298 e. The third-order valence-electron chi connectivity index (χ3n) is 5.97. The minimum atomic E-state index is -1.09. The predicted octanol–water partition coefficient (Wildman–Crippen LogP) is 4.04. The molecule has 4 aromatic rings. The lowest BCUT2D eigenvalue weighted by atomic mass is 10.0. The minimum Gasteiger partial charge on any atom is -0.423 e. The van der Waals surface area contributed by atoms with Crippen molar-refractivity contribution in [2.75, 3.05) is 36.0 Å². The maximum Gasteiger partial charge on any atom is 0.298 e. The second-order valence-electron chi connectivity index (χ2n) is 8.15. The number of halogens is 4. The van der Waals surface area contributed by atoms with Crippen molar-refractivity contribution < 1.29 is 31.2 Å². The summed E-state index contributed by atoms with van der Waals surface area (Å²) in [6.07, 6.45) is 1.06. The molecule has 2 aromatic carbocycles. The molecule has 2 saturated heterocycles. The van der Waals surface area contributed by atoms with Crippen molar-refractivity contribution in [2.24, 2.45) is 5.92 Å². The molecule has 0 bridgehead atoms. The molecule has 0 N–H and O–H groups in total. The van der Waals surface area contributed by atoms with Crippen LogP contribution >= 0.6 is 0 Å². The average Bonchev–Trinajstić information content (AvgIpc) is 3.32. The van der Waals surface area contributed by atoms with Crippen LogP contribution in [0.5, 0.6) is 0 Å². The van der Waals surface area contributed by atoms with E-state index >= 15 is 0 Å². The molecule has 2 fully saturated rings. The summed E-state index contributed by atoms with van der Waals surface area (Å²) in [5.41, 5.74) is -1.54. The number of aromatic nitrogens is 2. The Balaban J connectivity index is 1.22. The van der Waals surface area contributed by atoms with E-state index in [0.29, 0.717) is 13.1 Å². The first kappa shape index (κ1) is 20.5. The van der Waals surface area contributed by atoms with Gasteiger partial charge in [-0.1, -0.05) is 11.8 Å². The average molecular weight is 470 g/mol. The van der Waals surface area contributed by atoms with Crippen LogP contribution < -0.4 is 9.80 Å². The van der Waals surface area contributed by atoms with Crippen LogP contribution in [0.15, 0.2) is 21.0 Å². The lowest BCUT2D eigenvalue weighted by molar-refractivity contribution is 0.111. The zero-order valence-electron chi connectivity index (χ0n) is 17.4. The number of benzene rings is 2. The molecular weight excluding hydrogens is 456 g/mol. The fourth-order valence-electron chi connectivity index (χ4n) is 3.89. The molecule has 2 aromatic heterocycles. The summed E-state index contributed by atoms with van der Waals surface area (Å²) in [6.45, 7) is 2.11. The van der Waals surface area contributed by atoms with Gasteiger partial charge in [0.1, 0.15) is 22.7 Å². The van der Waals surface area contributed by atoms with Gasteiger partial charge in [0.15, 0.2) is 29.1 Å². The van der Waals surface area contributed by atoms with Crippen molar-refractivity contribution in [3.63, 3.8) is 0 Å². The Labute approximate surface area is 188 Å². The van der Waals surface area contributed by atoms with Gasteiger partial charge in [-0.3, -0.25) is 4.79 Å². The Kier molecular flexibility index (Phi) is 4.52. The summed E-state index contributed by atoms with van der Waals surface area (Å²) >= 11 is 0. The van der Waals surface area contributed by atoms with Gasteiger partial charge in [0.25, 0.3) is 12.0 Å². The molecule has 6 rings (SSSR count). The van der Waals surface area contributed by atoms with Crippen LogP contribution in [0.1, 0.15) is 22.3 Å². The zero-order valence-corrected chi connectivity index (χ0v) is 17.4. The van der Waals surface area contributed by atoms with Crippen LogP contribution in [-0.2, 0) is 0 Å². The Morgan fingerprint density at radius 3 is 2.15 bits per heavy atom. The highest BCUT2D eigenvalue weighted by Gasteiger charge is 2.31. The number of aldehydes is 1. The van der Waals surface area contributed by atoms with Gasteiger partial charge in [0.2, 0.25) is 0 Å². The number of hydrogen-bond donors (Lipinski definition) is 0. The Bertz CT molecular complexity index is 1540. The lowest BCUT2D eigenvalue weighted by Gasteiger charge is -2.34. The SMILES string of the molecule is O=Cc1c(F)cc2oc(N3CC(C#Cc4c(F)cc5oc(N6CCC6)nc5c4F)C3)nc2c1F. The molecule has 172 valence electrons. The zero-order chi connectivity index (χ0) is 23.6. The molecule has 0 saturated carbocycles. The Morgan fingerprint density at radius 1 is 0.912 bits per heavy atom. The van der Waals surface area contributed by atoms with Gasteiger partial charge in [0, 0.05) is 38.3 Å². The van der Waals surface area contributed by atoms with Gasteiger partial charge in [-0.05, 0) is 6.42 Å². The molecule has 0 atom stereocenters. The summed E-state index contributed by atoms with van der Waals surface area (Å²) in [7, 11) is 0. The van der Waals surface area contributed by atoms with Crippen molar-refractivity contribution in [3.8, 4) is 11.8 Å². The van der Waals surface area contributed by atoms with Gasteiger partial charge < -0.3 is 18.6 Å². The first-order chi connectivity index (χ1) is 16.4. The first-order valence-electron chi connectivity index (χ1n) is 10.5. The van der Waals surface area contributed by atoms with Crippen molar-refractivity contribution in [1.82, 2.24) is 9.97 Å². The molecular formula is C23H14F4N4O3. The Morgan fingerprint density at radius 2 is 1.53 bits per heavy atom. The summed E-state index contributed by atoms with van der Waals surface area (Å²) in [5.74, 6) is 1.25. The summed E-state index contributed by atoms with van der Waals surface area (Å²) in [4.78, 5) is 22.4. The van der Waals surface area contributed by atoms with Gasteiger partial charge in [-0.2, -0.15) is 9.97 Å². The predicted molar refractivity (Wildman–Crippen MR) is 113 cm³/mol. The standard InChI is InChI=1S/C23H14F4N4O3/c24-14-6-16-20(28-22(33-16)30-4-1-5-30)18(26)12(14)3-2-11-8-31(9-11)23-29-21-17(34-23)7-15(25)13(10-32)19(21)27/h6-7,10-11H,1,4-5,8-9H2. The topological polar surface area (TPSA) is 75.6 Å². The van der Waals surface area contributed by atoms with E-state index in [1.54, 1.807) is 4.90 Å². The van der Waals surface area contributed by atoms with Crippen molar-refractivity contribution in [3.05, 3.63) is 46.5 Å². The number of oxazole rings is 2. The molecule has 0 spiro atoms. The summed E-state index contributed by atoms with van der Waals surface area (Å²) in [5, 5.41) is 0. The van der Waals surface area contributed by atoms with Crippen molar-refractivity contribution in [1.29, 1.82) is 0 Å². The molecule has 0 aliphatic carbocycles. The number of nitrogens with zero attached hydrogens (tertiary/aromatic N) is 4. The van der Waals surface area contributed by atoms with Crippen LogP contribution in [-0.4, -0.2) is 42.4 Å². The molecule has 11 heteroatoms. The molecule has 34 heavy (non-hydrogen) atoms. The van der Waals surface area contributed by atoms with Gasteiger partial charge >= 0.3 is 0 Å². The molecule has 2 aliphatic heterocycles. The number of hydrogen-bond acceptors (Lipinski definition) is 7. The van der Waals surface area contributed by atoms with Crippen LogP contribution in [0, 0.1) is 41.0 Å². The number of carbonyl (C=O) groups excluding carboxylic acids is 1. The van der Waals surface area contributed by atoms with Gasteiger partial charge in [-0.15, -0.1) is 0 Å². The summed E-state index contributed by atoms with van der Waals surface area (Å²) < 4.78 is 68.2. The van der Waals surface area contributed by atoms with Gasteiger partial charge in [-0.25, -0.2) is 17.6 Å². The fourth-order valence-corrected chi connectivity index (χ4v) is 3.89. The second-order valence-corrected chi connectivity index (χ2v) is 8.15. The minimum absolute atomic E-state index is 0.0228. The normalized spacial score (nSPS) is 15.9. The lowest BCUT2D eigenvalue weighted by Crippen LogP contribution is -2.46. The van der Waals surface area contributed by atoms with E-state index in [4.69, 9.17) is 8.83 Å². The van der Waals surface area contributed by atoms with E-state index in [0.717, 1.165) is 31.6 Å². The molecule has 2 aliphatic rings. The third kappa shape index (κ3) is 3.09. The monoisotopic (exact) mass is 470 g/mol. The number of rotatable bonds is 3. The van der Waals surface area contributed by atoms with E-state index in [1.807, 2.05) is 4.90 Å². The molecule has 4 heterocycles. The summed E-state index contributed by atoms with van der Waals surface area (Å²) in [6, 6.07) is 2.27. The van der Waals surface area contributed by atoms with E-state index in [1.165, 1.54) is 0 Å². The van der Waals surface area contributed by atoms with Gasteiger partial charge in [0.05, 0.1) is 17.0 Å². The highest BCUT2D eigenvalue weighted by Crippen LogP contribution is 2.32. The van der Waals surface area contributed by atoms with Crippen molar-refractivity contribution >= 4 is 40.5 Å². The highest BCUT2D eigenvalue weighted by atomic mass is 19.1. The molecule has 0 unspecified atom stereocenters.